The molecule has 2 saturated heterocycles. The number of amides is 2. The van der Waals surface area contributed by atoms with Gasteiger partial charge in [0.05, 0.1) is 13.1 Å². The quantitative estimate of drug-likeness (QED) is 0.723. The van der Waals surface area contributed by atoms with E-state index in [4.69, 9.17) is 9.15 Å². The van der Waals surface area contributed by atoms with Gasteiger partial charge in [-0.15, -0.1) is 0 Å². The molecule has 0 aromatic carbocycles. The van der Waals surface area contributed by atoms with Gasteiger partial charge in [-0.1, -0.05) is 13.3 Å². The van der Waals surface area contributed by atoms with Crippen LogP contribution in [0.15, 0.2) is 10.5 Å². The topological polar surface area (TPSA) is 63.0 Å². The molecule has 2 fully saturated rings. The Labute approximate surface area is 152 Å². The molecule has 1 aromatic rings. The van der Waals surface area contributed by atoms with Gasteiger partial charge in [0.2, 0.25) is 0 Å². The molecule has 0 bridgehead atoms. The number of aryl methyl sites for hydroxylation is 1. The fourth-order valence-electron chi connectivity index (χ4n) is 3.38. The Hall–Kier alpha value is -1.63. The summed E-state index contributed by atoms with van der Waals surface area (Å²) in [7, 11) is 1.72. The van der Waals surface area contributed by atoms with Crippen molar-refractivity contribution < 1.29 is 18.7 Å². The van der Waals surface area contributed by atoms with E-state index in [1.54, 1.807) is 16.8 Å². The molecule has 2 amide bonds. The first-order valence-electron chi connectivity index (χ1n) is 8.84. The van der Waals surface area contributed by atoms with Gasteiger partial charge in [-0.3, -0.25) is 4.79 Å². The van der Waals surface area contributed by atoms with Gasteiger partial charge < -0.3 is 19.0 Å². The van der Waals surface area contributed by atoms with Crippen LogP contribution in [0.4, 0.5) is 4.79 Å². The number of hydrogen-bond donors (Lipinski definition) is 0. The van der Waals surface area contributed by atoms with Gasteiger partial charge in [0.25, 0.3) is 5.91 Å². The van der Waals surface area contributed by atoms with Gasteiger partial charge in [-0.2, -0.15) is 11.8 Å². The van der Waals surface area contributed by atoms with Gasteiger partial charge in [0.15, 0.2) is 11.4 Å². The molecule has 0 saturated carbocycles. The monoisotopic (exact) mass is 366 g/mol. The minimum Gasteiger partial charge on any atom is -0.456 e. The maximum atomic E-state index is 12.8. The van der Waals surface area contributed by atoms with Crippen LogP contribution in [-0.4, -0.2) is 59.8 Å². The summed E-state index contributed by atoms with van der Waals surface area (Å²) < 4.78 is 11.2. The molecule has 3 heterocycles. The number of unbranched alkanes of at least 4 members (excludes halogenated alkanes) is 1. The average molecular weight is 366 g/mol. The lowest BCUT2D eigenvalue weighted by atomic mass is 10.0. The van der Waals surface area contributed by atoms with E-state index < -0.39 is 5.60 Å². The molecule has 1 spiro atoms. The number of nitrogens with zero attached hydrogens (tertiary/aromatic N) is 2. The molecular formula is C18H26N2O4S. The van der Waals surface area contributed by atoms with Crippen LogP contribution in [0.1, 0.15) is 48.1 Å². The second kappa shape index (κ2) is 7.32. The van der Waals surface area contributed by atoms with E-state index in [2.05, 4.69) is 6.92 Å². The molecule has 7 heteroatoms. The molecule has 138 valence electrons. The minimum absolute atomic E-state index is 0.115. The van der Waals surface area contributed by atoms with E-state index >= 15 is 0 Å². The molecular weight excluding hydrogens is 340 g/mol. The highest BCUT2D eigenvalue weighted by atomic mass is 32.2. The first-order chi connectivity index (χ1) is 11.9. The molecule has 0 N–H and O–H groups in total. The largest absolute Gasteiger partial charge is 0.456 e. The maximum absolute atomic E-state index is 12.8. The second-order valence-electron chi connectivity index (χ2n) is 6.98. The molecule has 2 aliphatic heterocycles. The highest BCUT2D eigenvalue weighted by molar-refractivity contribution is 7.98. The summed E-state index contributed by atoms with van der Waals surface area (Å²) in [5.74, 6) is 3.08. The highest BCUT2D eigenvalue weighted by Gasteiger charge is 2.49. The first kappa shape index (κ1) is 18.2. The van der Waals surface area contributed by atoms with Crippen molar-refractivity contribution in [1.29, 1.82) is 0 Å². The van der Waals surface area contributed by atoms with Gasteiger partial charge in [-0.05, 0) is 25.2 Å². The van der Waals surface area contributed by atoms with E-state index in [0.717, 1.165) is 22.8 Å². The number of rotatable bonds is 6. The zero-order chi connectivity index (χ0) is 18.0. The molecule has 2 aliphatic rings. The Morgan fingerprint density at radius 2 is 2.20 bits per heavy atom. The van der Waals surface area contributed by atoms with Crippen molar-refractivity contribution in [2.45, 2.75) is 44.5 Å². The zero-order valence-electron chi connectivity index (χ0n) is 15.2. The summed E-state index contributed by atoms with van der Waals surface area (Å²) in [4.78, 5) is 27.7. The van der Waals surface area contributed by atoms with Crippen molar-refractivity contribution in [2.75, 3.05) is 32.4 Å². The molecule has 1 aromatic heterocycles. The number of furan rings is 1. The summed E-state index contributed by atoms with van der Waals surface area (Å²) in [6, 6.07) is 1.87. The summed E-state index contributed by atoms with van der Waals surface area (Å²) in [6.45, 7) is 5.64. The maximum Gasteiger partial charge on any atom is 0.410 e. The third kappa shape index (κ3) is 3.81. The number of hydrogen-bond acceptors (Lipinski definition) is 5. The van der Waals surface area contributed by atoms with Gasteiger partial charge >= 0.3 is 6.09 Å². The van der Waals surface area contributed by atoms with Crippen LogP contribution >= 0.6 is 11.8 Å². The van der Waals surface area contributed by atoms with Crippen LogP contribution < -0.4 is 0 Å². The number of likely N-dealkylation sites (N-methyl/N-ethyl adjacent to an activating group) is 1. The summed E-state index contributed by atoms with van der Waals surface area (Å²) in [5, 5.41) is 0. The van der Waals surface area contributed by atoms with Crippen molar-refractivity contribution >= 4 is 23.8 Å². The number of thioether (sulfide) groups is 1. The number of ether oxygens (including phenoxy) is 1. The first-order valence-corrected chi connectivity index (χ1v) is 10.00. The fraction of sp³-hybridized carbons (Fsp3) is 0.667. The van der Waals surface area contributed by atoms with E-state index in [-0.39, 0.29) is 12.0 Å². The third-order valence-electron chi connectivity index (χ3n) is 4.88. The van der Waals surface area contributed by atoms with Crippen LogP contribution in [0, 0.1) is 6.92 Å². The number of likely N-dealkylation sites (tertiary alicyclic amines) is 1. The van der Waals surface area contributed by atoms with E-state index in [9.17, 15) is 9.59 Å². The summed E-state index contributed by atoms with van der Waals surface area (Å²) >= 11 is 1.87. The molecule has 0 aliphatic carbocycles. The SMILES string of the molecule is CCCCSCc1cc(C(=O)N2CC[C@@]3(CN(C)C(=O)O3)C2)oc1C. The van der Waals surface area contributed by atoms with E-state index in [1.165, 1.54) is 12.8 Å². The average Bonchev–Trinajstić information content (AvgIpc) is 3.23. The predicted octanol–water partition coefficient (Wildman–Crippen LogP) is 3.29. The molecule has 6 nitrogen and oxygen atoms in total. The summed E-state index contributed by atoms with van der Waals surface area (Å²) in [5.41, 5.74) is 0.535. The Morgan fingerprint density at radius 3 is 2.88 bits per heavy atom. The predicted molar refractivity (Wildman–Crippen MR) is 96.9 cm³/mol. The van der Waals surface area contributed by atoms with E-state index in [1.807, 2.05) is 24.8 Å². The molecule has 25 heavy (non-hydrogen) atoms. The second-order valence-corrected chi connectivity index (χ2v) is 8.09. The van der Waals surface area contributed by atoms with Crippen LogP contribution in [0.2, 0.25) is 0 Å². The standard InChI is InChI=1S/C18H26N2O4S/c1-4-5-8-25-10-14-9-15(23-13(14)2)16(21)20-7-6-18(12-20)11-19(3)17(22)24-18/h9H,4-8,10-12H2,1-3H3/t18-/m1/s1. The van der Waals surface area contributed by atoms with Crippen molar-refractivity contribution in [2.24, 2.45) is 0 Å². The molecule has 3 rings (SSSR count). The Bertz CT molecular complexity index is 660. The van der Waals surface area contributed by atoms with Crippen molar-refractivity contribution in [1.82, 2.24) is 9.80 Å². The Balaban J connectivity index is 1.61. The van der Waals surface area contributed by atoms with Gasteiger partial charge in [0.1, 0.15) is 5.76 Å². The Kier molecular flexibility index (Phi) is 5.32. The van der Waals surface area contributed by atoms with Crippen LogP contribution in [0.5, 0.6) is 0 Å². The molecule has 0 radical (unpaired) electrons. The zero-order valence-corrected chi connectivity index (χ0v) is 16.0. The van der Waals surface area contributed by atoms with Crippen LogP contribution in [0.3, 0.4) is 0 Å². The van der Waals surface area contributed by atoms with Crippen LogP contribution in [0.25, 0.3) is 0 Å². The number of carbonyl (C=O) groups excluding carboxylic acids is 2. The fourth-order valence-corrected chi connectivity index (χ4v) is 4.52. The Morgan fingerprint density at radius 1 is 1.40 bits per heavy atom. The summed E-state index contributed by atoms with van der Waals surface area (Å²) in [6.07, 6.45) is 2.76. The highest BCUT2D eigenvalue weighted by Crippen LogP contribution is 2.33. The lowest BCUT2D eigenvalue weighted by molar-refractivity contribution is 0.0538. The van der Waals surface area contributed by atoms with Crippen LogP contribution in [-0.2, 0) is 10.5 Å². The lowest BCUT2D eigenvalue weighted by Gasteiger charge is -2.21. The lowest BCUT2D eigenvalue weighted by Crippen LogP contribution is -2.39. The smallest absolute Gasteiger partial charge is 0.410 e. The van der Waals surface area contributed by atoms with E-state index in [0.29, 0.717) is 31.8 Å². The molecule has 1 atom stereocenters. The van der Waals surface area contributed by atoms with Gasteiger partial charge in [-0.25, -0.2) is 4.79 Å². The third-order valence-corrected chi connectivity index (χ3v) is 5.97. The van der Waals surface area contributed by atoms with Crippen molar-refractivity contribution in [3.8, 4) is 0 Å². The van der Waals surface area contributed by atoms with Crippen molar-refractivity contribution in [3.63, 3.8) is 0 Å². The van der Waals surface area contributed by atoms with Gasteiger partial charge in [0, 0.05) is 31.3 Å². The number of carbonyl (C=O) groups is 2. The normalized spacial score (nSPS) is 22.9. The minimum atomic E-state index is -0.554. The molecule has 0 unspecified atom stereocenters. The van der Waals surface area contributed by atoms with Crippen molar-refractivity contribution in [3.05, 3.63) is 23.2 Å².